The SMILES string of the molecule is Oc1cc(O)c(O)c(C=CCCc2ccccc2)c1. The van der Waals surface area contributed by atoms with E-state index in [2.05, 4.69) is 12.1 Å². The van der Waals surface area contributed by atoms with Crippen LogP contribution in [0.15, 0.2) is 48.5 Å². The fourth-order valence-electron chi connectivity index (χ4n) is 1.86. The first-order chi connectivity index (χ1) is 9.16. The number of aryl methyl sites for hydroxylation is 1. The number of hydrogen-bond donors (Lipinski definition) is 3. The van der Waals surface area contributed by atoms with Crippen molar-refractivity contribution < 1.29 is 15.3 Å². The maximum Gasteiger partial charge on any atom is 0.165 e. The molecule has 0 spiro atoms. The molecule has 0 saturated heterocycles. The van der Waals surface area contributed by atoms with Crippen LogP contribution in [0.1, 0.15) is 17.5 Å². The monoisotopic (exact) mass is 256 g/mol. The van der Waals surface area contributed by atoms with Gasteiger partial charge in [0.1, 0.15) is 5.75 Å². The molecule has 3 nitrogen and oxygen atoms in total. The molecule has 0 unspecified atom stereocenters. The van der Waals surface area contributed by atoms with Gasteiger partial charge in [0.2, 0.25) is 0 Å². The normalized spacial score (nSPS) is 10.9. The van der Waals surface area contributed by atoms with Crippen LogP contribution in [0.4, 0.5) is 0 Å². The second kappa shape index (κ2) is 5.96. The van der Waals surface area contributed by atoms with Gasteiger partial charge < -0.3 is 15.3 Å². The van der Waals surface area contributed by atoms with E-state index in [1.807, 2.05) is 24.3 Å². The lowest BCUT2D eigenvalue weighted by Crippen LogP contribution is -1.82. The molecule has 0 amide bonds. The van der Waals surface area contributed by atoms with Crippen LogP contribution >= 0.6 is 0 Å². The molecule has 0 heterocycles. The number of benzene rings is 2. The number of allylic oxidation sites excluding steroid dienone is 1. The van der Waals surface area contributed by atoms with Gasteiger partial charge in [0.25, 0.3) is 0 Å². The maximum atomic E-state index is 9.63. The van der Waals surface area contributed by atoms with Crippen LogP contribution in [0, 0.1) is 0 Å². The summed E-state index contributed by atoms with van der Waals surface area (Å²) in [5, 5.41) is 28.3. The summed E-state index contributed by atoms with van der Waals surface area (Å²) in [6, 6.07) is 12.6. The molecule has 0 radical (unpaired) electrons. The second-order valence-corrected chi connectivity index (χ2v) is 4.33. The van der Waals surface area contributed by atoms with Crippen LogP contribution in [0.5, 0.6) is 17.2 Å². The first-order valence-electron chi connectivity index (χ1n) is 6.12. The Morgan fingerprint density at radius 2 is 1.68 bits per heavy atom. The molecular formula is C16H16O3. The zero-order valence-corrected chi connectivity index (χ0v) is 10.5. The molecule has 0 aliphatic rings. The predicted octanol–water partition coefficient (Wildman–Crippen LogP) is 3.45. The molecule has 3 heteroatoms. The summed E-state index contributed by atoms with van der Waals surface area (Å²) in [7, 11) is 0. The second-order valence-electron chi connectivity index (χ2n) is 4.33. The minimum atomic E-state index is -0.317. The molecule has 0 aliphatic carbocycles. The highest BCUT2D eigenvalue weighted by Gasteiger charge is 2.05. The van der Waals surface area contributed by atoms with Crippen LogP contribution in [0.2, 0.25) is 0 Å². The Balaban J connectivity index is 2.00. The zero-order valence-electron chi connectivity index (χ0n) is 10.5. The summed E-state index contributed by atoms with van der Waals surface area (Å²) in [5.41, 5.74) is 1.65. The lowest BCUT2D eigenvalue weighted by molar-refractivity contribution is 0.395. The quantitative estimate of drug-likeness (QED) is 0.580. The van der Waals surface area contributed by atoms with Crippen LogP contribution in [0.3, 0.4) is 0 Å². The van der Waals surface area contributed by atoms with Crippen LogP contribution in [0.25, 0.3) is 6.08 Å². The van der Waals surface area contributed by atoms with Crippen molar-refractivity contribution in [3.63, 3.8) is 0 Å². The van der Waals surface area contributed by atoms with E-state index in [1.54, 1.807) is 6.08 Å². The van der Waals surface area contributed by atoms with Crippen molar-refractivity contribution in [2.45, 2.75) is 12.8 Å². The van der Waals surface area contributed by atoms with Gasteiger partial charge in [-0.1, -0.05) is 42.5 Å². The number of aromatic hydroxyl groups is 3. The molecule has 19 heavy (non-hydrogen) atoms. The molecule has 0 bridgehead atoms. The molecular weight excluding hydrogens is 240 g/mol. The van der Waals surface area contributed by atoms with Crippen molar-refractivity contribution in [2.75, 3.05) is 0 Å². The van der Waals surface area contributed by atoms with Gasteiger partial charge in [-0.25, -0.2) is 0 Å². The lowest BCUT2D eigenvalue weighted by atomic mass is 10.1. The fraction of sp³-hybridized carbons (Fsp3) is 0.125. The molecule has 0 aliphatic heterocycles. The number of phenolic OH excluding ortho intramolecular Hbond substituents is 3. The Morgan fingerprint density at radius 3 is 2.42 bits per heavy atom. The maximum absolute atomic E-state index is 9.63. The van der Waals surface area contributed by atoms with Gasteiger partial charge in [-0.2, -0.15) is 0 Å². The minimum Gasteiger partial charge on any atom is -0.508 e. The summed E-state index contributed by atoms with van der Waals surface area (Å²) >= 11 is 0. The Morgan fingerprint density at radius 1 is 0.947 bits per heavy atom. The van der Waals surface area contributed by atoms with E-state index in [1.165, 1.54) is 11.6 Å². The van der Waals surface area contributed by atoms with Gasteiger partial charge in [0.05, 0.1) is 0 Å². The number of hydrogen-bond acceptors (Lipinski definition) is 3. The van der Waals surface area contributed by atoms with Crippen LogP contribution < -0.4 is 0 Å². The highest BCUT2D eigenvalue weighted by molar-refractivity contribution is 5.63. The Hall–Kier alpha value is -2.42. The molecule has 98 valence electrons. The first-order valence-corrected chi connectivity index (χ1v) is 6.12. The summed E-state index contributed by atoms with van der Waals surface area (Å²) in [6.45, 7) is 0. The van der Waals surface area contributed by atoms with Crippen molar-refractivity contribution >= 4 is 6.08 Å². The average molecular weight is 256 g/mol. The molecule has 2 aromatic carbocycles. The smallest absolute Gasteiger partial charge is 0.165 e. The highest BCUT2D eigenvalue weighted by Crippen LogP contribution is 2.33. The Kier molecular flexibility index (Phi) is 4.08. The van der Waals surface area contributed by atoms with Crippen molar-refractivity contribution in [2.24, 2.45) is 0 Å². The van der Waals surface area contributed by atoms with Crippen LogP contribution in [-0.2, 0) is 6.42 Å². The van der Waals surface area contributed by atoms with E-state index in [9.17, 15) is 15.3 Å². The van der Waals surface area contributed by atoms with E-state index in [0.717, 1.165) is 18.9 Å². The number of phenols is 3. The van der Waals surface area contributed by atoms with E-state index >= 15 is 0 Å². The van der Waals surface area contributed by atoms with Gasteiger partial charge in [0.15, 0.2) is 11.5 Å². The molecule has 0 fully saturated rings. The minimum absolute atomic E-state index is 0.0713. The van der Waals surface area contributed by atoms with Crippen molar-refractivity contribution in [1.29, 1.82) is 0 Å². The Bertz CT molecular complexity index is 574. The lowest BCUT2D eigenvalue weighted by Gasteiger charge is -2.03. The highest BCUT2D eigenvalue weighted by atomic mass is 16.3. The Labute approximate surface area is 112 Å². The molecule has 2 aromatic rings. The molecule has 3 N–H and O–H groups in total. The number of rotatable bonds is 4. The average Bonchev–Trinajstić information content (AvgIpc) is 2.41. The predicted molar refractivity (Wildman–Crippen MR) is 75.2 cm³/mol. The van der Waals surface area contributed by atoms with E-state index in [-0.39, 0.29) is 17.2 Å². The van der Waals surface area contributed by atoms with Gasteiger partial charge in [-0.05, 0) is 24.5 Å². The summed E-state index contributed by atoms with van der Waals surface area (Å²) in [6.07, 6.45) is 5.32. The van der Waals surface area contributed by atoms with Gasteiger partial charge in [-0.3, -0.25) is 0 Å². The first kappa shape index (κ1) is 13.0. The summed E-state index contributed by atoms with van der Waals surface area (Å²) < 4.78 is 0. The molecule has 0 saturated carbocycles. The van der Waals surface area contributed by atoms with Gasteiger partial charge >= 0.3 is 0 Å². The summed E-state index contributed by atoms with van der Waals surface area (Å²) in [5.74, 6) is -0.602. The third-order valence-electron chi connectivity index (χ3n) is 2.84. The van der Waals surface area contributed by atoms with Crippen LogP contribution in [-0.4, -0.2) is 15.3 Å². The third kappa shape index (κ3) is 3.52. The zero-order chi connectivity index (χ0) is 13.7. The van der Waals surface area contributed by atoms with Gasteiger partial charge in [0, 0.05) is 11.6 Å². The van der Waals surface area contributed by atoms with E-state index < -0.39 is 0 Å². The van der Waals surface area contributed by atoms with Crippen molar-refractivity contribution in [3.8, 4) is 17.2 Å². The third-order valence-corrected chi connectivity index (χ3v) is 2.84. The van der Waals surface area contributed by atoms with E-state index in [4.69, 9.17) is 0 Å². The van der Waals surface area contributed by atoms with E-state index in [0.29, 0.717) is 5.56 Å². The fourth-order valence-corrected chi connectivity index (χ4v) is 1.86. The summed E-state index contributed by atoms with van der Waals surface area (Å²) in [4.78, 5) is 0. The molecule has 0 aromatic heterocycles. The molecule has 2 rings (SSSR count). The topological polar surface area (TPSA) is 60.7 Å². The standard InChI is InChI=1S/C16H16O3/c17-14-10-13(16(19)15(18)11-14)9-5-4-8-12-6-2-1-3-7-12/h1-3,5-7,9-11,17-19H,4,8H2. The van der Waals surface area contributed by atoms with Crippen molar-refractivity contribution in [1.82, 2.24) is 0 Å². The van der Waals surface area contributed by atoms with Gasteiger partial charge in [-0.15, -0.1) is 0 Å². The largest absolute Gasteiger partial charge is 0.508 e. The van der Waals surface area contributed by atoms with Crippen molar-refractivity contribution in [3.05, 3.63) is 59.7 Å². The molecule has 0 atom stereocenters.